The number of rotatable bonds is 8. The summed E-state index contributed by atoms with van der Waals surface area (Å²) in [7, 11) is 0. The number of ether oxygens (including phenoxy) is 1. The van der Waals surface area contributed by atoms with Crippen LogP contribution in [-0.2, 0) is 0 Å². The summed E-state index contributed by atoms with van der Waals surface area (Å²) in [6.45, 7) is 8.71. The van der Waals surface area contributed by atoms with Crippen molar-refractivity contribution in [1.29, 1.82) is 0 Å². The molecular weight excluding hydrogens is 216 g/mol. The fraction of sp³-hybridized carbons (Fsp3) is 0.667. The lowest BCUT2D eigenvalue weighted by Crippen LogP contribution is -2.28. The van der Waals surface area contributed by atoms with Gasteiger partial charge in [0.15, 0.2) is 0 Å². The van der Waals surface area contributed by atoms with Crippen molar-refractivity contribution >= 4 is 5.82 Å². The fourth-order valence-corrected chi connectivity index (χ4v) is 1.26. The maximum absolute atomic E-state index is 5.41. The van der Waals surface area contributed by atoms with Crippen molar-refractivity contribution < 1.29 is 4.74 Å². The van der Waals surface area contributed by atoms with E-state index in [1.807, 2.05) is 0 Å². The van der Waals surface area contributed by atoms with Gasteiger partial charge in [-0.15, -0.1) is 0 Å². The molecule has 1 rings (SSSR count). The molecule has 5 nitrogen and oxygen atoms in total. The lowest BCUT2D eigenvalue weighted by molar-refractivity contribution is 0.304. The van der Waals surface area contributed by atoms with Crippen molar-refractivity contribution in [3.8, 4) is 5.88 Å². The average molecular weight is 238 g/mol. The SMILES string of the molecule is CCCOc1cncc(NCCNC(C)C)n1. The predicted octanol–water partition coefficient (Wildman–Crippen LogP) is 1.68. The van der Waals surface area contributed by atoms with Crippen LogP contribution in [0.2, 0.25) is 0 Å². The van der Waals surface area contributed by atoms with Crippen molar-refractivity contribution in [3.63, 3.8) is 0 Å². The Morgan fingerprint density at radius 3 is 2.82 bits per heavy atom. The summed E-state index contributed by atoms with van der Waals surface area (Å²) in [6, 6.07) is 0.502. The third-order valence-electron chi connectivity index (χ3n) is 2.05. The molecule has 0 saturated heterocycles. The van der Waals surface area contributed by atoms with Crippen molar-refractivity contribution in [1.82, 2.24) is 15.3 Å². The molecule has 1 aromatic rings. The first-order valence-electron chi connectivity index (χ1n) is 6.14. The summed E-state index contributed by atoms with van der Waals surface area (Å²) in [4.78, 5) is 8.38. The van der Waals surface area contributed by atoms with E-state index in [1.54, 1.807) is 12.4 Å². The fourth-order valence-electron chi connectivity index (χ4n) is 1.26. The van der Waals surface area contributed by atoms with Gasteiger partial charge in [-0.2, -0.15) is 4.98 Å². The van der Waals surface area contributed by atoms with E-state index in [2.05, 4.69) is 41.4 Å². The second-order valence-corrected chi connectivity index (χ2v) is 4.13. The van der Waals surface area contributed by atoms with Crippen molar-refractivity contribution in [2.24, 2.45) is 0 Å². The van der Waals surface area contributed by atoms with E-state index in [4.69, 9.17) is 4.74 Å². The number of nitrogens with one attached hydrogen (secondary N) is 2. The van der Waals surface area contributed by atoms with E-state index in [1.165, 1.54) is 0 Å². The van der Waals surface area contributed by atoms with E-state index in [-0.39, 0.29) is 0 Å². The third kappa shape index (κ3) is 6.06. The van der Waals surface area contributed by atoms with Gasteiger partial charge in [-0.3, -0.25) is 4.98 Å². The van der Waals surface area contributed by atoms with Crippen LogP contribution in [0.3, 0.4) is 0 Å². The minimum Gasteiger partial charge on any atom is -0.477 e. The number of nitrogens with zero attached hydrogens (tertiary/aromatic N) is 2. The van der Waals surface area contributed by atoms with E-state index in [0.29, 0.717) is 18.5 Å². The Morgan fingerprint density at radius 1 is 1.29 bits per heavy atom. The molecule has 0 radical (unpaired) electrons. The Hall–Kier alpha value is -1.36. The molecule has 0 aliphatic heterocycles. The maximum atomic E-state index is 5.41. The molecule has 0 aliphatic carbocycles. The summed E-state index contributed by atoms with van der Waals surface area (Å²) in [5, 5.41) is 6.52. The van der Waals surface area contributed by atoms with Crippen LogP contribution in [0.4, 0.5) is 5.82 Å². The van der Waals surface area contributed by atoms with Crippen LogP contribution in [0.1, 0.15) is 27.2 Å². The van der Waals surface area contributed by atoms with Gasteiger partial charge in [-0.1, -0.05) is 20.8 Å². The first kappa shape index (κ1) is 13.7. The van der Waals surface area contributed by atoms with Gasteiger partial charge in [0.05, 0.1) is 19.0 Å². The summed E-state index contributed by atoms with van der Waals surface area (Å²) in [6.07, 6.45) is 4.30. The average Bonchev–Trinajstić information content (AvgIpc) is 2.32. The quantitative estimate of drug-likeness (QED) is 0.675. The van der Waals surface area contributed by atoms with E-state index >= 15 is 0 Å². The van der Waals surface area contributed by atoms with Gasteiger partial charge in [-0.05, 0) is 6.42 Å². The predicted molar refractivity (Wildman–Crippen MR) is 69.4 cm³/mol. The zero-order valence-electron chi connectivity index (χ0n) is 10.9. The molecule has 0 amide bonds. The van der Waals surface area contributed by atoms with Crippen LogP contribution >= 0.6 is 0 Å². The largest absolute Gasteiger partial charge is 0.477 e. The van der Waals surface area contributed by atoms with Crippen molar-refractivity contribution in [3.05, 3.63) is 12.4 Å². The van der Waals surface area contributed by atoms with Gasteiger partial charge in [0.2, 0.25) is 5.88 Å². The van der Waals surface area contributed by atoms with E-state index in [9.17, 15) is 0 Å². The maximum Gasteiger partial charge on any atom is 0.234 e. The molecule has 0 aromatic carbocycles. The summed E-state index contributed by atoms with van der Waals surface area (Å²) in [5.74, 6) is 1.33. The summed E-state index contributed by atoms with van der Waals surface area (Å²) >= 11 is 0. The van der Waals surface area contributed by atoms with Gasteiger partial charge in [0.25, 0.3) is 0 Å². The van der Waals surface area contributed by atoms with E-state index < -0.39 is 0 Å². The van der Waals surface area contributed by atoms with Gasteiger partial charge < -0.3 is 15.4 Å². The second kappa shape index (κ2) is 7.84. The highest BCUT2D eigenvalue weighted by atomic mass is 16.5. The number of hydrogen-bond acceptors (Lipinski definition) is 5. The molecule has 0 atom stereocenters. The lowest BCUT2D eigenvalue weighted by Gasteiger charge is -2.10. The zero-order chi connectivity index (χ0) is 12.5. The molecule has 17 heavy (non-hydrogen) atoms. The monoisotopic (exact) mass is 238 g/mol. The van der Waals surface area contributed by atoms with Crippen LogP contribution < -0.4 is 15.4 Å². The normalized spacial score (nSPS) is 10.6. The number of aromatic nitrogens is 2. The molecule has 0 spiro atoms. The van der Waals surface area contributed by atoms with Gasteiger partial charge in [0.1, 0.15) is 5.82 Å². The Morgan fingerprint density at radius 2 is 2.12 bits per heavy atom. The lowest BCUT2D eigenvalue weighted by atomic mass is 10.4. The first-order valence-corrected chi connectivity index (χ1v) is 6.14. The zero-order valence-corrected chi connectivity index (χ0v) is 10.9. The topological polar surface area (TPSA) is 59.1 Å². The molecule has 5 heteroatoms. The Labute approximate surface area is 103 Å². The van der Waals surface area contributed by atoms with Crippen LogP contribution in [0.5, 0.6) is 5.88 Å². The highest BCUT2D eigenvalue weighted by molar-refractivity contribution is 5.33. The second-order valence-electron chi connectivity index (χ2n) is 4.13. The smallest absolute Gasteiger partial charge is 0.234 e. The molecular formula is C12H22N4O. The van der Waals surface area contributed by atoms with Gasteiger partial charge in [-0.25, -0.2) is 0 Å². The standard InChI is InChI=1S/C12H22N4O/c1-4-7-17-12-9-13-8-11(16-12)15-6-5-14-10(2)3/h8-10,14H,4-7H2,1-3H3,(H,15,16). The van der Waals surface area contributed by atoms with Crippen LogP contribution in [-0.4, -0.2) is 35.7 Å². The minimum atomic E-state index is 0.502. The van der Waals surface area contributed by atoms with Gasteiger partial charge in [0, 0.05) is 19.1 Å². The number of anilines is 1. The van der Waals surface area contributed by atoms with Gasteiger partial charge >= 0.3 is 0 Å². The first-order chi connectivity index (χ1) is 8.22. The number of hydrogen-bond donors (Lipinski definition) is 2. The molecule has 0 fully saturated rings. The van der Waals surface area contributed by atoms with Crippen molar-refractivity contribution in [2.75, 3.05) is 25.0 Å². The molecule has 0 aliphatic rings. The Balaban J connectivity index is 2.32. The van der Waals surface area contributed by atoms with Crippen LogP contribution in [0, 0.1) is 0 Å². The van der Waals surface area contributed by atoms with Crippen LogP contribution in [0.25, 0.3) is 0 Å². The molecule has 1 aromatic heterocycles. The molecule has 1 heterocycles. The van der Waals surface area contributed by atoms with Crippen molar-refractivity contribution in [2.45, 2.75) is 33.2 Å². The highest BCUT2D eigenvalue weighted by Crippen LogP contribution is 2.08. The molecule has 0 bridgehead atoms. The molecule has 2 N–H and O–H groups in total. The minimum absolute atomic E-state index is 0.502. The third-order valence-corrected chi connectivity index (χ3v) is 2.05. The Bertz CT molecular complexity index is 317. The molecule has 96 valence electrons. The summed E-state index contributed by atoms with van der Waals surface area (Å²) < 4.78 is 5.41. The Kier molecular flexibility index (Phi) is 6.32. The highest BCUT2D eigenvalue weighted by Gasteiger charge is 1.99. The summed E-state index contributed by atoms with van der Waals surface area (Å²) in [5.41, 5.74) is 0. The molecule has 0 saturated carbocycles. The van der Waals surface area contributed by atoms with E-state index in [0.717, 1.165) is 25.3 Å². The van der Waals surface area contributed by atoms with Crippen LogP contribution in [0.15, 0.2) is 12.4 Å². The molecule has 0 unspecified atom stereocenters.